The molecule has 5 saturated carbocycles. The number of carbonyl (C=O) groups is 1. The highest BCUT2D eigenvalue weighted by atomic mass is 16.7. The predicted molar refractivity (Wildman–Crippen MR) is 223 cm³/mol. The van der Waals surface area contributed by atoms with E-state index in [1.54, 1.807) is 0 Å². The van der Waals surface area contributed by atoms with Crippen LogP contribution in [-0.2, 0) is 28.5 Å². The summed E-state index contributed by atoms with van der Waals surface area (Å²) in [5.74, 6) is -1.43. The van der Waals surface area contributed by atoms with Crippen LogP contribution in [0.3, 0.4) is 0 Å². The Morgan fingerprint density at radius 1 is 0.778 bits per heavy atom. The molecule has 7 fully saturated rings. The largest absolute Gasteiger partial charge is 0.481 e. The zero-order chi connectivity index (χ0) is 45.9. The van der Waals surface area contributed by atoms with Crippen molar-refractivity contribution in [1.82, 2.24) is 0 Å². The second-order valence-corrected chi connectivity index (χ2v) is 22.2. The molecule has 2 saturated heterocycles. The monoisotopic (exact) mass is 894 g/mol. The van der Waals surface area contributed by atoms with E-state index in [4.69, 9.17) is 23.7 Å². The van der Waals surface area contributed by atoms with Crippen LogP contribution in [0, 0.1) is 56.7 Å². The Balaban J connectivity index is 1.10. The number of carboxylic acid groups (broad SMARTS) is 1. The molecular weight excluding hydrogens is 821 g/mol. The lowest BCUT2D eigenvalue weighted by molar-refractivity contribution is -0.352. The molecule has 16 heteroatoms. The fraction of sp³-hybridized carbons (Fsp3) is 0.894. The summed E-state index contributed by atoms with van der Waals surface area (Å²) in [7, 11) is 0. The number of hydrogen-bond acceptors (Lipinski definition) is 15. The lowest BCUT2D eigenvalue weighted by Gasteiger charge is -2.71. The molecular formula is C47H74O16. The number of carboxylic acids is 1. The fourth-order valence-corrected chi connectivity index (χ4v) is 15.2. The van der Waals surface area contributed by atoms with E-state index in [9.17, 15) is 55.9 Å². The molecule has 6 aliphatic carbocycles. The van der Waals surface area contributed by atoms with Crippen LogP contribution in [0.5, 0.6) is 0 Å². The van der Waals surface area contributed by atoms with Crippen molar-refractivity contribution in [2.45, 2.75) is 185 Å². The van der Waals surface area contributed by atoms with Gasteiger partial charge in [0.25, 0.3) is 0 Å². The molecule has 8 aliphatic rings. The molecule has 0 aromatic rings. The Bertz CT molecular complexity index is 1760. The van der Waals surface area contributed by atoms with Crippen molar-refractivity contribution in [3.8, 4) is 0 Å². The second kappa shape index (κ2) is 16.9. The Morgan fingerprint density at radius 3 is 1.97 bits per heavy atom. The summed E-state index contributed by atoms with van der Waals surface area (Å²) >= 11 is 0. The average molecular weight is 895 g/mol. The van der Waals surface area contributed by atoms with Crippen molar-refractivity contribution in [3.05, 3.63) is 23.8 Å². The van der Waals surface area contributed by atoms with Crippen molar-refractivity contribution in [1.29, 1.82) is 0 Å². The summed E-state index contributed by atoms with van der Waals surface area (Å²) in [6.07, 6.45) is -11.9. The molecule has 23 unspecified atom stereocenters. The fourth-order valence-electron chi connectivity index (χ4n) is 15.2. The first kappa shape index (κ1) is 47.9. The molecule has 10 N–H and O–H groups in total. The molecule has 8 rings (SSSR count). The molecule has 2 aliphatic heterocycles. The molecule has 63 heavy (non-hydrogen) atoms. The number of rotatable bonds is 8. The van der Waals surface area contributed by atoms with E-state index in [0.29, 0.717) is 19.3 Å². The molecule has 0 spiro atoms. The van der Waals surface area contributed by atoms with Crippen molar-refractivity contribution in [2.24, 2.45) is 56.7 Å². The highest BCUT2D eigenvalue weighted by Crippen LogP contribution is 2.76. The van der Waals surface area contributed by atoms with Crippen LogP contribution in [0.25, 0.3) is 0 Å². The normalized spacial score (nSPS) is 54.5. The molecule has 23 atom stereocenters. The third-order valence-corrected chi connectivity index (χ3v) is 19.0. The minimum Gasteiger partial charge on any atom is -0.481 e. The number of fused-ring (bicyclic) bond motifs is 7. The van der Waals surface area contributed by atoms with E-state index in [-0.39, 0.29) is 52.9 Å². The van der Waals surface area contributed by atoms with Gasteiger partial charge >= 0.3 is 5.97 Å². The standard InChI is InChI=1S/C47H74O16/c1-21-10-13-47(42(57)58)15-14-45(6)24(31(47)22(21)2)8-9-30-44(5)17-25(49)39(43(3,4)29(44)11-12-46(30,45)7)61-28-16-23(18-48)32(52)38(63-41-36(56)34(54)27(51)20-60-41)37(28)62-40-35(55)33(53)26(50)19-59-40/h8,22-23,25-41,48-56H,1,9-20H2,2-7H3,(H,57,58). The summed E-state index contributed by atoms with van der Waals surface area (Å²) in [5, 5.41) is 109. The zero-order valence-electron chi connectivity index (χ0n) is 37.7. The predicted octanol–water partition coefficient (Wildman–Crippen LogP) is 1.39. The molecule has 0 bridgehead atoms. The van der Waals surface area contributed by atoms with Gasteiger partial charge in [0.15, 0.2) is 12.6 Å². The molecule has 358 valence electrons. The zero-order valence-corrected chi connectivity index (χ0v) is 37.7. The van der Waals surface area contributed by atoms with Crippen LogP contribution in [-0.4, -0.2) is 163 Å². The van der Waals surface area contributed by atoms with Crippen LogP contribution in [0.15, 0.2) is 23.8 Å². The van der Waals surface area contributed by atoms with Crippen molar-refractivity contribution in [2.75, 3.05) is 19.8 Å². The van der Waals surface area contributed by atoms with E-state index >= 15 is 0 Å². The Morgan fingerprint density at radius 2 is 1.38 bits per heavy atom. The van der Waals surface area contributed by atoms with Crippen LogP contribution in [0.2, 0.25) is 0 Å². The number of allylic oxidation sites excluding steroid dienone is 3. The number of aliphatic carboxylic acids is 1. The van der Waals surface area contributed by atoms with Crippen LogP contribution < -0.4 is 0 Å². The van der Waals surface area contributed by atoms with E-state index in [0.717, 1.165) is 37.7 Å². The summed E-state index contributed by atoms with van der Waals surface area (Å²) in [4.78, 5) is 13.2. The van der Waals surface area contributed by atoms with Gasteiger partial charge in [0, 0.05) is 18.4 Å². The number of aliphatic hydroxyl groups excluding tert-OH is 9. The summed E-state index contributed by atoms with van der Waals surface area (Å²) in [6.45, 7) is 16.5. The van der Waals surface area contributed by atoms with Crippen LogP contribution >= 0.6 is 0 Å². The summed E-state index contributed by atoms with van der Waals surface area (Å²) < 4.78 is 30.8. The van der Waals surface area contributed by atoms with Crippen molar-refractivity contribution in [3.63, 3.8) is 0 Å². The van der Waals surface area contributed by atoms with Crippen molar-refractivity contribution >= 4 is 5.97 Å². The van der Waals surface area contributed by atoms with Gasteiger partial charge in [0.05, 0.1) is 43.0 Å². The quantitative estimate of drug-likeness (QED) is 0.154. The number of ether oxygens (including phenoxy) is 5. The number of hydrogen-bond donors (Lipinski definition) is 10. The Labute approximate surface area is 370 Å². The van der Waals surface area contributed by atoms with Gasteiger partial charge in [-0.2, -0.15) is 0 Å². The summed E-state index contributed by atoms with van der Waals surface area (Å²) in [5.41, 5.74) is 0.0919. The van der Waals surface area contributed by atoms with Gasteiger partial charge in [-0.3, -0.25) is 4.79 Å². The maximum atomic E-state index is 13.2. The van der Waals surface area contributed by atoms with Gasteiger partial charge in [0.2, 0.25) is 0 Å². The smallest absolute Gasteiger partial charge is 0.310 e. The topological polar surface area (TPSA) is 266 Å². The molecule has 0 aromatic carbocycles. The Kier molecular flexibility index (Phi) is 12.8. The van der Waals surface area contributed by atoms with E-state index in [2.05, 4.69) is 54.2 Å². The first-order chi connectivity index (χ1) is 29.5. The highest BCUT2D eigenvalue weighted by molar-refractivity contribution is 5.77. The van der Waals surface area contributed by atoms with E-state index in [1.165, 1.54) is 5.57 Å². The maximum absolute atomic E-state index is 13.2. The first-order valence-electron chi connectivity index (χ1n) is 23.3. The molecule has 0 aromatic heterocycles. The van der Waals surface area contributed by atoms with Crippen LogP contribution in [0.4, 0.5) is 0 Å². The molecule has 0 amide bonds. The lowest BCUT2D eigenvalue weighted by Crippen LogP contribution is -2.68. The van der Waals surface area contributed by atoms with Gasteiger partial charge in [-0.25, -0.2) is 0 Å². The van der Waals surface area contributed by atoms with Gasteiger partial charge in [-0.05, 0) is 97.2 Å². The second-order valence-electron chi connectivity index (χ2n) is 22.2. The van der Waals surface area contributed by atoms with E-state index < -0.39 is 122 Å². The van der Waals surface area contributed by atoms with Crippen LogP contribution in [0.1, 0.15) is 99.3 Å². The lowest BCUT2D eigenvalue weighted by atomic mass is 9.33. The summed E-state index contributed by atoms with van der Waals surface area (Å²) in [6, 6.07) is 0. The molecule has 16 nitrogen and oxygen atoms in total. The minimum absolute atomic E-state index is 0.00328. The van der Waals surface area contributed by atoms with Gasteiger partial charge in [-0.1, -0.05) is 65.3 Å². The molecule has 2 heterocycles. The minimum atomic E-state index is -1.75. The van der Waals surface area contributed by atoms with E-state index in [1.807, 2.05) is 0 Å². The highest BCUT2D eigenvalue weighted by Gasteiger charge is 2.71. The number of aliphatic hydroxyl groups is 9. The molecule has 0 radical (unpaired) electrons. The average Bonchev–Trinajstić information content (AvgIpc) is 3.22. The van der Waals surface area contributed by atoms with Gasteiger partial charge in [0.1, 0.15) is 48.8 Å². The Hall–Kier alpha value is -1.61. The third kappa shape index (κ3) is 7.26. The first-order valence-corrected chi connectivity index (χ1v) is 23.3. The van der Waals surface area contributed by atoms with Gasteiger partial charge in [-0.15, -0.1) is 0 Å². The maximum Gasteiger partial charge on any atom is 0.310 e. The third-order valence-electron chi connectivity index (χ3n) is 19.0. The van der Waals surface area contributed by atoms with Crippen molar-refractivity contribution < 1.29 is 79.5 Å². The van der Waals surface area contributed by atoms with Gasteiger partial charge < -0.3 is 74.7 Å². The SMILES string of the molecule is C=C1CCC2(C(=O)O)CCC3(C)C(=CCC4C5(C)CC(O)C(OC6CC(CO)C(O)C(OC7OCC(O)C(O)C7O)C6OC6OCC(O)C(O)C6O)C(C)(C)C5CCC43C)C2C1C.